The highest BCUT2D eigenvalue weighted by molar-refractivity contribution is 6.30. The Morgan fingerprint density at radius 2 is 1.52 bits per heavy atom. The van der Waals surface area contributed by atoms with Crippen LogP contribution in [0.2, 0.25) is 5.15 Å². The van der Waals surface area contributed by atoms with Crippen molar-refractivity contribution in [1.82, 2.24) is 9.78 Å². The number of hydrogen-bond donors (Lipinski definition) is 0. The maximum atomic E-state index is 6.46. The first-order chi connectivity index (χ1) is 9.96. The largest absolute Gasteiger partial charge is 0.271 e. The molecule has 1 rings (SSSR count). The van der Waals surface area contributed by atoms with E-state index in [9.17, 15) is 0 Å². The molecule has 0 amide bonds. The summed E-state index contributed by atoms with van der Waals surface area (Å²) in [4.78, 5) is 0. The molecule has 0 radical (unpaired) electrons. The van der Waals surface area contributed by atoms with Crippen molar-refractivity contribution in [3.63, 3.8) is 0 Å². The lowest BCUT2D eigenvalue weighted by Crippen LogP contribution is -2.23. The van der Waals surface area contributed by atoms with Gasteiger partial charge in [-0.3, -0.25) is 4.68 Å². The van der Waals surface area contributed by atoms with Gasteiger partial charge in [0, 0.05) is 18.3 Å². The van der Waals surface area contributed by atoms with Crippen molar-refractivity contribution in [1.29, 1.82) is 0 Å². The van der Waals surface area contributed by atoms with Gasteiger partial charge >= 0.3 is 0 Å². The summed E-state index contributed by atoms with van der Waals surface area (Å²) in [6.45, 7) is 9.08. The molecule has 0 aliphatic heterocycles. The first kappa shape index (κ1) is 18.5. The monoisotopic (exact) mass is 312 g/mol. The van der Waals surface area contributed by atoms with Crippen molar-refractivity contribution in [3.05, 3.63) is 16.4 Å². The van der Waals surface area contributed by atoms with E-state index in [1.54, 1.807) is 0 Å². The minimum Gasteiger partial charge on any atom is -0.271 e. The van der Waals surface area contributed by atoms with Crippen LogP contribution in [0.1, 0.15) is 89.8 Å². The highest BCUT2D eigenvalue weighted by atomic mass is 35.5. The van der Waals surface area contributed by atoms with Crippen LogP contribution in [-0.2, 0) is 12.5 Å². The van der Waals surface area contributed by atoms with E-state index >= 15 is 0 Å². The van der Waals surface area contributed by atoms with E-state index in [1.165, 1.54) is 69.0 Å². The van der Waals surface area contributed by atoms with Gasteiger partial charge in [0.25, 0.3) is 0 Å². The Kier molecular flexibility index (Phi) is 7.79. The Balaban J connectivity index is 2.88. The van der Waals surface area contributed by atoms with Crippen LogP contribution in [0.3, 0.4) is 0 Å². The number of aryl methyl sites for hydroxylation is 1. The van der Waals surface area contributed by atoms with Crippen LogP contribution in [0.25, 0.3) is 0 Å². The molecule has 1 unspecified atom stereocenters. The molecule has 21 heavy (non-hydrogen) atoms. The van der Waals surface area contributed by atoms with E-state index in [-0.39, 0.29) is 5.41 Å². The summed E-state index contributed by atoms with van der Waals surface area (Å²) in [5.41, 5.74) is 2.70. The zero-order valence-electron chi connectivity index (χ0n) is 14.6. The first-order valence-electron chi connectivity index (χ1n) is 8.65. The molecule has 1 heterocycles. The second-order valence-corrected chi connectivity index (χ2v) is 7.06. The van der Waals surface area contributed by atoms with Crippen LogP contribution in [0, 0.1) is 6.92 Å². The second-order valence-electron chi connectivity index (χ2n) is 6.70. The van der Waals surface area contributed by atoms with Crippen LogP contribution in [0.5, 0.6) is 0 Å². The lowest BCUT2D eigenvalue weighted by Gasteiger charge is -2.30. The number of unbranched alkanes of at least 4 members (excludes halogenated alkanes) is 5. The molecule has 0 saturated carbocycles. The average molecular weight is 313 g/mol. The number of hydrogen-bond acceptors (Lipinski definition) is 1. The van der Waals surface area contributed by atoms with Gasteiger partial charge in [0.1, 0.15) is 0 Å². The van der Waals surface area contributed by atoms with Gasteiger partial charge in [-0.05, 0) is 25.2 Å². The molecule has 1 aromatic heterocycles. The van der Waals surface area contributed by atoms with Gasteiger partial charge in [0.05, 0.1) is 0 Å². The molecule has 0 aromatic carbocycles. The highest BCUT2D eigenvalue weighted by Gasteiger charge is 2.32. The summed E-state index contributed by atoms with van der Waals surface area (Å²) in [6.07, 6.45) is 11.6. The summed E-state index contributed by atoms with van der Waals surface area (Å²) in [7, 11) is 1.99. The third-order valence-electron chi connectivity index (χ3n) is 4.81. The standard InChI is InChI=1S/C18H33ClN2/c1-6-8-10-12-14-18(4,13-11-9-7-2)16-15(3)21(5)20-17(16)19/h6-14H2,1-5H3. The molecule has 122 valence electrons. The maximum absolute atomic E-state index is 6.46. The van der Waals surface area contributed by atoms with E-state index in [0.717, 1.165) is 0 Å². The molecule has 0 bridgehead atoms. The van der Waals surface area contributed by atoms with E-state index in [0.29, 0.717) is 5.15 Å². The molecule has 0 N–H and O–H groups in total. The van der Waals surface area contributed by atoms with Gasteiger partial charge in [-0.1, -0.05) is 77.3 Å². The van der Waals surface area contributed by atoms with Crippen LogP contribution in [0.4, 0.5) is 0 Å². The lowest BCUT2D eigenvalue weighted by atomic mass is 9.74. The predicted octanol–water partition coefficient (Wildman–Crippen LogP) is 6.19. The molecular weight excluding hydrogens is 280 g/mol. The van der Waals surface area contributed by atoms with Gasteiger partial charge < -0.3 is 0 Å². The third-order valence-corrected chi connectivity index (χ3v) is 5.07. The molecule has 0 aliphatic rings. The molecule has 0 fully saturated rings. The van der Waals surface area contributed by atoms with E-state index in [2.05, 4.69) is 32.8 Å². The van der Waals surface area contributed by atoms with Crippen LogP contribution in [0.15, 0.2) is 0 Å². The summed E-state index contributed by atoms with van der Waals surface area (Å²) in [6, 6.07) is 0. The molecular formula is C18H33ClN2. The predicted molar refractivity (Wildman–Crippen MR) is 93.2 cm³/mol. The Morgan fingerprint density at radius 1 is 1.00 bits per heavy atom. The van der Waals surface area contributed by atoms with E-state index < -0.39 is 0 Å². The van der Waals surface area contributed by atoms with E-state index in [1.807, 2.05) is 11.7 Å². The van der Waals surface area contributed by atoms with Gasteiger partial charge in [0.2, 0.25) is 0 Å². The highest BCUT2D eigenvalue weighted by Crippen LogP contribution is 2.40. The normalized spacial score (nSPS) is 14.4. The second kappa shape index (κ2) is 8.82. The van der Waals surface area contributed by atoms with Crippen LogP contribution in [-0.4, -0.2) is 9.78 Å². The quantitative estimate of drug-likeness (QED) is 0.471. The van der Waals surface area contributed by atoms with Crippen molar-refractivity contribution in [2.75, 3.05) is 0 Å². The van der Waals surface area contributed by atoms with Crippen molar-refractivity contribution in [2.45, 2.75) is 90.9 Å². The molecule has 1 atom stereocenters. The minimum absolute atomic E-state index is 0.179. The fourth-order valence-corrected chi connectivity index (χ4v) is 3.81. The number of rotatable bonds is 10. The number of halogens is 1. The van der Waals surface area contributed by atoms with Gasteiger partial charge in [0.15, 0.2) is 5.15 Å². The summed E-state index contributed by atoms with van der Waals surface area (Å²) < 4.78 is 1.93. The SMILES string of the molecule is CCCCCCC(C)(CCCCC)c1c(Cl)nn(C)c1C. The van der Waals surface area contributed by atoms with Crippen molar-refractivity contribution >= 4 is 11.6 Å². The first-order valence-corrected chi connectivity index (χ1v) is 9.03. The molecule has 2 nitrogen and oxygen atoms in total. The Bertz CT molecular complexity index is 425. The van der Waals surface area contributed by atoms with Crippen LogP contribution >= 0.6 is 11.6 Å². The fourth-order valence-electron chi connectivity index (χ4n) is 3.34. The van der Waals surface area contributed by atoms with Crippen molar-refractivity contribution < 1.29 is 0 Å². The third kappa shape index (κ3) is 5.02. The van der Waals surface area contributed by atoms with Gasteiger partial charge in [-0.15, -0.1) is 0 Å². The lowest BCUT2D eigenvalue weighted by molar-refractivity contribution is 0.364. The number of aromatic nitrogens is 2. The van der Waals surface area contributed by atoms with Crippen molar-refractivity contribution in [2.24, 2.45) is 7.05 Å². The summed E-state index contributed by atoms with van der Waals surface area (Å²) >= 11 is 6.46. The Hall–Kier alpha value is -0.500. The van der Waals surface area contributed by atoms with Gasteiger partial charge in [-0.2, -0.15) is 5.10 Å². The Labute approximate surface area is 136 Å². The molecule has 0 aliphatic carbocycles. The summed E-state index contributed by atoms with van der Waals surface area (Å²) in [5, 5.41) is 5.14. The average Bonchev–Trinajstić information content (AvgIpc) is 2.69. The molecule has 1 aromatic rings. The van der Waals surface area contributed by atoms with Crippen molar-refractivity contribution in [3.8, 4) is 0 Å². The Morgan fingerprint density at radius 3 is 2.00 bits per heavy atom. The zero-order chi connectivity index (χ0) is 15.9. The van der Waals surface area contributed by atoms with Gasteiger partial charge in [-0.25, -0.2) is 0 Å². The summed E-state index contributed by atoms with van der Waals surface area (Å²) in [5.74, 6) is 0. The minimum atomic E-state index is 0.179. The topological polar surface area (TPSA) is 17.8 Å². The smallest absolute Gasteiger partial charge is 0.155 e. The zero-order valence-corrected chi connectivity index (χ0v) is 15.4. The molecule has 0 saturated heterocycles. The maximum Gasteiger partial charge on any atom is 0.155 e. The molecule has 0 spiro atoms. The van der Waals surface area contributed by atoms with E-state index in [4.69, 9.17) is 11.6 Å². The van der Waals surface area contributed by atoms with Crippen LogP contribution < -0.4 is 0 Å². The fraction of sp³-hybridized carbons (Fsp3) is 0.833. The molecule has 3 heteroatoms. The number of nitrogens with zero attached hydrogens (tertiary/aromatic N) is 2.